The summed E-state index contributed by atoms with van der Waals surface area (Å²) < 4.78 is 75.0. The van der Waals surface area contributed by atoms with Gasteiger partial charge in [0.2, 0.25) is 5.95 Å². The van der Waals surface area contributed by atoms with Crippen molar-refractivity contribution < 1.29 is 41.7 Å². The summed E-state index contributed by atoms with van der Waals surface area (Å²) in [7, 11) is 0. The maximum Gasteiger partial charge on any atom is 0.386 e. The fraction of sp³-hybridized carbons (Fsp3) is 0.524. The van der Waals surface area contributed by atoms with E-state index < -0.39 is 87.8 Å². The first-order chi connectivity index (χ1) is 21.9. The van der Waals surface area contributed by atoms with Crippen LogP contribution in [0.1, 0.15) is 12.5 Å². The van der Waals surface area contributed by atoms with E-state index in [2.05, 4.69) is 59.5 Å². The summed E-state index contributed by atoms with van der Waals surface area (Å²) in [4.78, 5) is 35.0. The summed E-state index contributed by atoms with van der Waals surface area (Å²) in [5.41, 5.74) is 11.3. The van der Waals surface area contributed by atoms with Crippen molar-refractivity contribution in [3.63, 3.8) is 0 Å². The van der Waals surface area contributed by atoms with E-state index in [0.29, 0.717) is 0 Å². The number of alkyl halides is 1. The minimum absolute atomic E-state index is 0.00282. The molecule has 7 N–H and O–H groups in total. The number of ether oxygens (including phenoxy) is 2. The van der Waals surface area contributed by atoms with Gasteiger partial charge in [0, 0.05) is 5.92 Å². The number of nitrogen functional groups attached to an aromatic ring is 2. The van der Waals surface area contributed by atoms with E-state index in [1.807, 2.05) is 0 Å². The van der Waals surface area contributed by atoms with Gasteiger partial charge in [-0.25, -0.2) is 34.0 Å². The SMILES string of the molecule is Nc1nc2c(ncn2C2OC3CO[P@](=O)(S)NC4C(CO[P@@](=O)(S)OC2C3CO)OC(n2cnc3c(N)ncnc32)C4F)c(=O)[nH]1. The number of rotatable bonds is 3. The second kappa shape index (κ2) is 11.8. The largest absolute Gasteiger partial charge is 0.396 e. The van der Waals surface area contributed by atoms with E-state index in [4.69, 9.17) is 34.5 Å². The highest BCUT2D eigenvalue weighted by atomic mass is 32.7. The van der Waals surface area contributed by atoms with E-state index in [1.165, 1.54) is 28.1 Å². The molecule has 7 rings (SSSR count). The summed E-state index contributed by atoms with van der Waals surface area (Å²) in [6, 6.07) is -1.38. The van der Waals surface area contributed by atoms with Crippen molar-refractivity contribution in [3.05, 3.63) is 29.3 Å². The van der Waals surface area contributed by atoms with Gasteiger partial charge in [-0.1, -0.05) is 24.5 Å². The molecule has 4 aromatic heterocycles. The lowest BCUT2D eigenvalue weighted by Gasteiger charge is -2.27. The molecule has 2 bridgehead atoms. The lowest BCUT2D eigenvalue weighted by molar-refractivity contribution is -0.0484. The molecule has 0 aromatic carbocycles. The second-order valence-corrected chi connectivity index (χ2v) is 16.6. The van der Waals surface area contributed by atoms with Crippen molar-refractivity contribution in [2.24, 2.45) is 5.92 Å². The number of nitrogens with zero attached hydrogens (tertiary/aromatic N) is 7. The highest BCUT2D eigenvalue weighted by Crippen LogP contribution is 2.59. The molecule has 0 amide bonds. The normalized spacial score (nSPS) is 37.1. The number of aromatic amines is 1. The first-order valence-corrected chi connectivity index (χ1v) is 18.9. The predicted octanol–water partition coefficient (Wildman–Crippen LogP) is 0.331. The topological polar surface area (TPSA) is 272 Å². The van der Waals surface area contributed by atoms with Crippen LogP contribution >= 0.6 is 38.0 Å². The van der Waals surface area contributed by atoms with Crippen LogP contribution in [0.25, 0.3) is 22.3 Å². The van der Waals surface area contributed by atoms with Crippen LogP contribution in [0.3, 0.4) is 0 Å². The Morgan fingerprint density at radius 1 is 1.00 bits per heavy atom. The maximum absolute atomic E-state index is 16.1. The van der Waals surface area contributed by atoms with Crippen LogP contribution in [0.4, 0.5) is 16.2 Å². The Labute approximate surface area is 267 Å². The van der Waals surface area contributed by atoms with Gasteiger partial charge in [-0.3, -0.25) is 32.5 Å². The molecule has 3 aliphatic rings. The van der Waals surface area contributed by atoms with E-state index >= 15 is 4.39 Å². The van der Waals surface area contributed by atoms with Gasteiger partial charge in [0.05, 0.1) is 44.6 Å². The van der Waals surface area contributed by atoms with E-state index in [9.17, 15) is 19.0 Å². The van der Waals surface area contributed by atoms with Gasteiger partial charge in [0.1, 0.15) is 24.1 Å². The summed E-state index contributed by atoms with van der Waals surface area (Å²) in [6.45, 7) is -10.1. The first-order valence-electron chi connectivity index (χ1n) is 13.5. The average Bonchev–Trinajstić information content (AvgIpc) is 3.75. The first kappa shape index (κ1) is 31.9. The van der Waals surface area contributed by atoms with Crippen LogP contribution in [0, 0.1) is 5.92 Å². The van der Waals surface area contributed by atoms with Gasteiger partial charge in [-0.05, 0) is 0 Å². The molecule has 4 aromatic rings. The molecule has 0 spiro atoms. The quantitative estimate of drug-likeness (QED) is 0.111. The van der Waals surface area contributed by atoms with Gasteiger partial charge in [0.15, 0.2) is 41.3 Å². The molecule has 3 fully saturated rings. The van der Waals surface area contributed by atoms with Crippen LogP contribution in [-0.2, 0) is 32.2 Å². The van der Waals surface area contributed by atoms with E-state index in [-0.39, 0.29) is 34.1 Å². The third-order valence-electron chi connectivity index (χ3n) is 7.80. The molecular formula is C21H26FN11O9P2S2. The predicted molar refractivity (Wildman–Crippen MR) is 162 cm³/mol. The molecule has 0 aliphatic carbocycles. The van der Waals surface area contributed by atoms with Crippen LogP contribution < -0.4 is 22.1 Å². The standard InChI is InChI=1S/C21H26FN11O9P2S2/c22-10-11-9(41-19(10)32-5-27-12-15(23)25-4-26-16(12)32)3-39-44(37,46)42-14-7(1-34)8(2-38-43(36,45)31-11)40-20(14)33-6-28-13-17(33)29-21(24)30-18(13)35/h4-11,14,19-20,34H,1-3H2,(H,37,46)(H2,23,25,26)(H2,31,36,45)(H3,24,29,30,35)/t7?,8?,9?,10?,11?,14?,19?,20?,43-,44+/m0/s1. The molecule has 248 valence electrons. The Kier molecular flexibility index (Phi) is 8.16. The number of hydrogen-bond donors (Lipinski definition) is 7. The Hall–Kier alpha value is -2.69. The molecule has 3 aliphatic heterocycles. The lowest BCUT2D eigenvalue weighted by atomic mass is 9.99. The third kappa shape index (κ3) is 5.62. The number of H-pyrrole nitrogens is 1. The highest BCUT2D eigenvalue weighted by molar-refractivity contribution is 8.45. The van der Waals surface area contributed by atoms with Gasteiger partial charge in [-0.2, -0.15) is 4.98 Å². The molecule has 20 nitrogen and oxygen atoms in total. The zero-order valence-corrected chi connectivity index (χ0v) is 26.7. The van der Waals surface area contributed by atoms with Crippen LogP contribution in [-0.4, -0.2) is 94.5 Å². The van der Waals surface area contributed by atoms with Crippen molar-refractivity contribution in [3.8, 4) is 0 Å². The Morgan fingerprint density at radius 2 is 1.70 bits per heavy atom. The van der Waals surface area contributed by atoms with Crippen molar-refractivity contribution in [1.82, 2.24) is 44.1 Å². The zero-order valence-electron chi connectivity index (χ0n) is 23.1. The number of aromatic nitrogens is 8. The molecule has 46 heavy (non-hydrogen) atoms. The smallest absolute Gasteiger partial charge is 0.386 e. The number of imidazole rings is 2. The van der Waals surface area contributed by atoms with Gasteiger partial charge in [-0.15, -0.1) is 0 Å². The lowest BCUT2D eigenvalue weighted by Crippen LogP contribution is -2.42. The fourth-order valence-corrected chi connectivity index (χ4v) is 8.89. The molecule has 25 heteroatoms. The summed E-state index contributed by atoms with van der Waals surface area (Å²) in [5.74, 6) is -1.12. The molecular weight excluding hydrogens is 695 g/mol. The van der Waals surface area contributed by atoms with Crippen molar-refractivity contribution in [2.45, 2.75) is 43.0 Å². The van der Waals surface area contributed by atoms with Gasteiger partial charge in [0.25, 0.3) is 5.56 Å². The van der Waals surface area contributed by atoms with Crippen molar-refractivity contribution in [1.29, 1.82) is 0 Å². The maximum atomic E-state index is 16.1. The van der Waals surface area contributed by atoms with Crippen molar-refractivity contribution in [2.75, 3.05) is 31.3 Å². The Bertz CT molecular complexity index is 1970. The van der Waals surface area contributed by atoms with Crippen LogP contribution in [0.15, 0.2) is 23.8 Å². The molecule has 3 saturated heterocycles. The number of anilines is 2. The summed E-state index contributed by atoms with van der Waals surface area (Å²) in [5, 5.41) is 12.9. The van der Waals surface area contributed by atoms with Gasteiger partial charge < -0.3 is 30.6 Å². The minimum Gasteiger partial charge on any atom is -0.396 e. The third-order valence-corrected chi connectivity index (χ3v) is 11.2. The monoisotopic (exact) mass is 721 g/mol. The number of nitrogens with two attached hydrogens (primary N) is 2. The number of aliphatic hydroxyl groups is 1. The summed E-state index contributed by atoms with van der Waals surface area (Å²) >= 11 is 8.28. The second-order valence-electron chi connectivity index (χ2n) is 10.6. The minimum atomic E-state index is -4.35. The van der Waals surface area contributed by atoms with E-state index in [0.717, 1.165) is 0 Å². The number of thiol groups is 2. The van der Waals surface area contributed by atoms with Crippen LogP contribution in [0.2, 0.25) is 0 Å². The number of hydrogen-bond acceptors (Lipinski definition) is 16. The highest BCUT2D eigenvalue weighted by Gasteiger charge is 2.53. The Balaban J connectivity index is 1.22. The number of fused-ring (bicyclic) bond motifs is 5. The average molecular weight is 722 g/mol. The Morgan fingerprint density at radius 3 is 2.46 bits per heavy atom. The zero-order chi connectivity index (χ0) is 32.5. The fourth-order valence-electron chi connectivity index (χ4n) is 5.69. The molecule has 10 atom stereocenters. The van der Waals surface area contributed by atoms with Crippen molar-refractivity contribution >= 4 is 72.1 Å². The molecule has 0 radical (unpaired) electrons. The number of nitrogens with one attached hydrogen (secondary N) is 2. The molecule has 8 unspecified atom stereocenters. The molecule has 0 saturated carbocycles. The van der Waals surface area contributed by atoms with Crippen LogP contribution in [0.5, 0.6) is 0 Å². The molecule has 7 heterocycles. The summed E-state index contributed by atoms with van der Waals surface area (Å²) in [6.07, 6.45) is -4.48. The number of halogens is 1. The van der Waals surface area contributed by atoms with Gasteiger partial charge >= 0.3 is 13.5 Å². The number of aliphatic hydroxyl groups excluding tert-OH is 1. The van der Waals surface area contributed by atoms with E-state index in [1.54, 1.807) is 0 Å².